The monoisotopic (exact) mass is 411 g/mol. The topological polar surface area (TPSA) is 165 Å². The highest BCUT2D eigenvalue weighted by Gasteiger charge is 2.34. The zero-order valence-electron chi connectivity index (χ0n) is 15.1. The van der Waals surface area contributed by atoms with Crippen LogP contribution in [0.15, 0.2) is 54.2 Å². The van der Waals surface area contributed by atoms with E-state index in [1.165, 1.54) is 54.6 Å². The number of nitro groups is 2. The Morgan fingerprint density at radius 3 is 2.03 bits per heavy atom. The molecule has 1 aliphatic rings. The van der Waals surface area contributed by atoms with Crippen LogP contribution in [0.2, 0.25) is 0 Å². The maximum Gasteiger partial charge on any atom is 0.329 e. The number of hydrogen-bond donors (Lipinski definition) is 2. The van der Waals surface area contributed by atoms with Crippen molar-refractivity contribution in [2.45, 2.75) is 0 Å². The summed E-state index contributed by atoms with van der Waals surface area (Å²) in [5.41, 5.74) is 0.351. The van der Waals surface area contributed by atoms with Crippen molar-refractivity contribution in [2.24, 2.45) is 0 Å². The number of benzene rings is 2. The van der Waals surface area contributed by atoms with E-state index in [0.717, 1.165) is 0 Å². The molecule has 0 bridgehead atoms. The molecule has 0 spiro atoms. The predicted octanol–water partition coefficient (Wildman–Crippen LogP) is 2.03. The summed E-state index contributed by atoms with van der Waals surface area (Å²) in [6.07, 6.45) is 1.33. The van der Waals surface area contributed by atoms with Crippen molar-refractivity contribution in [1.29, 1.82) is 0 Å². The molecule has 0 aliphatic carbocycles. The van der Waals surface area contributed by atoms with Crippen LogP contribution in [0, 0.1) is 20.2 Å². The number of carbonyl (C=O) groups excluding carboxylic acids is 3. The Hall–Kier alpha value is -4.61. The number of amides is 4. The van der Waals surface area contributed by atoms with Gasteiger partial charge in [0.25, 0.3) is 17.3 Å². The molecule has 152 valence electrons. The third-order valence-corrected chi connectivity index (χ3v) is 4.04. The molecule has 12 heteroatoms. The van der Waals surface area contributed by atoms with Gasteiger partial charge in [-0.1, -0.05) is 0 Å². The van der Waals surface area contributed by atoms with Gasteiger partial charge in [0, 0.05) is 30.0 Å². The van der Waals surface area contributed by atoms with Crippen LogP contribution in [-0.4, -0.2) is 39.1 Å². The van der Waals surface area contributed by atoms with Gasteiger partial charge in [0.05, 0.1) is 9.85 Å². The number of urea groups is 1. The molecule has 3 rings (SSSR count). The van der Waals surface area contributed by atoms with E-state index in [2.05, 4.69) is 10.6 Å². The Balaban J connectivity index is 1.66. The minimum Gasteiger partial charge on any atom is -0.325 e. The Kier molecular flexibility index (Phi) is 5.49. The second-order valence-corrected chi connectivity index (χ2v) is 6.08. The van der Waals surface area contributed by atoms with Crippen LogP contribution in [0.4, 0.5) is 21.9 Å². The van der Waals surface area contributed by atoms with Crippen molar-refractivity contribution >= 4 is 41.0 Å². The van der Waals surface area contributed by atoms with E-state index in [-0.39, 0.29) is 22.8 Å². The van der Waals surface area contributed by atoms with E-state index in [1.807, 2.05) is 0 Å². The summed E-state index contributed by atoms with van der Waals surface area (Å²) < 4.78 is 0. The van der Waals surface area contributed by atoms with Crippen LogP contribution in [0.3, 0.4) is 0 Å². The first-order valence-electron chi connectivity index (χ1n) is 8.38. The molecule has 2 aromatic carbocycles. The molecule has 1 saturated heterocycles. The molecule has 0 unspecified atom stereocenters. The number of hydrogen-bond acceptors (Lipinski definition) is 7. The molecule has 2 aromatic rings. The van der Waals surface area contributed by atoms with Gasteiger partial charge >= 0.3 is 6.03 Å². The van der Waals surface area contributed by atoms with Crippen LogP contribution in [-0.2, 0) is 9.59 Å². The predicted molar refractivity (Wildman–Crippen MR) is 103 cm³/mol. The molecule has 0 atom stereocenters. The van der Waals surface area contributed by atoms with Crippen molar-refractivity contribution in [2.75, 3.05) is 11.9 Å². The fraction of sp³-hybridized carbons (Fsp3) is 0.0556. The smallest absolute Gasteiger partial charge is 0.325 e. The maximum absolute atomic E-state index is 12.4. The number of nitrogens with one attached hydrogen (secondary N) is 2. The molecule has 1 heterocycles. The Bertz CT molecular complexity index is 1080. The van der Waals surface area contributed by atoms with E-state index in [0.29, 0.717) is 10.5 Å². The van der Waals surface area contributed by atoms with Gasteiger partial charge in [-0.3, -0.25) is 29.8 Å². The summed E-state index contributed by atoms with van der Waals surface area (Å²) in [5, 5.41) is 26.1. The molecule has 0 radical (unpaired) electrons. The molecule has 1 aliphatic heterocycles. The normalized spacial score (nSPS) is 14.5. The van der Waals surface area contributed by atoms with Crippen molar-refractivity contribution in [3.8, 4) is 0 Å². The number of non-ortho nitro benzene ring substituents is 2. The fourth-order valence-electron chi connectivity index (χ4n) is 2.58. The van der Waals surface area contributed by atoms with Gasteiger partial charge in [0.2, 0.25) is 5.91 Å². The van der Waals surface area contributed by atoms with Crippen molar-refractivity contribution in [3.63, 3.8) is 0 Å². The lowest BCUT2D eigenvalue weighted by atomic mass is 10.1. The largest absolute Gasteiger partial charge is 0.329 e. The van der Waals surface area contributed by atoms with E-state index >= 15 is 0 Å². The van der Waals surface area contributed by atoms with Crippen LogP contribution in [0.1, 0.15) is 5.56 Å². The third-order valence-electron chi connectivity index (χ3n) is 4.04. The zero-order chi connectivity index (χ0) is 21.8. The van der Waals surface area contributed by atoms with Crippen molar-refractivity contribution in [1.82, 2.24) is 10.2 Å². The van der Waals surface area contributed by atoms with Crippen LogP contribution in [0.5, 0.6) is 0 Å². The average molecular weight is 411 g/mol. The van der Waals surface area contributed by atoms with Gasteiger partial charge in [-0.15, -0.1) is 0 Å². The Labute approximate surface area is 168 Å². The van der Waals surface area contributed by atoms with E-state index in [9.17, 15) is 34.6 Å². The van der Waals surface area contributed by atoms with Crippen molar-refractivity contribution < 1.29 is 24.2 Å². The molecule has 4 amide bonds. The molecular weight excluding hydrogens is 398 g/mol. The highest BCUT2D eigenvalue weighted by molar-refractivity contribution is 6.15. The average Bonchev–Trinajstić information content (AvgIpc) is 2.96. The van der Waals surface area contributed by atoms with Gasteiger partial charge in [-0.2, -0.15) is 0 Å². The molecule has 2 N–H and O–H groups in total. The summed E-state index contributed by atoms with van der Waals surface area (Å²) in [6, 6.07) is 9.58. The summed E-state index contributed by atoms with van der Waals surface area (Å²) in [7, 11) is 0. The van der Waals surface area contributed by atoms with E-state index in [1.54, 1.807) is 0 Å². The second-order valence-electron chi connectivity index (χ2n) is 6.08. The minimum absolute atomic E-state index is 0.0861. The van der Waals surface area contributed by atoms with Gasteiger partial charge in [0.15, 0.2) is 0 Å². The number of rotatable bonds is 6. The molecule has 30 heavy (non-hydrogen) atoms. The molecular formula is C18H13N5O7. The second kappa shape index (κ2) is 8.18. The van der Waals surface area contributed by atoms with Crippen LogP contribution in [0.25, 0.3) is 6.08 Å². The zero-order valence-corrected chi connectivity index (χ0v) is 15.1. The van der Waals surface area contributed by atoms with Gasteiger partial charge in [-0.25, -0.2) is 9.69 Å². The first-order valence-corrected chi connectivity index (χ1v) is 8.38. The van der Waals surface area contributed by atoms with E-state index in [4.69, 9.17) is 0 Å². The number of nitrogens with zero attached hydrogens (tertiary/aromatic N) is 3. The highest BCUT2D eigenvalue weighted by Crippen LogP contribution is 2.18. The standard InChI is InChI=1S/C18H13N5O7/c24-16(19-12-3-7-14(8-4-12)23(29)30)10-21-17(25)15(20-18(21)26)9-11-1-5-13(6-2-11)22(27)28/h1-9H,10H2,(H,19,24)(H,20,26)/b15-9-. The SMILES string of the molecule is O=C(CN1C(=O)N/C(=C\c2ccc([N+](=O)[O-])cc2)C1=O)Nc1ccc([N+](=O)[O-])cc1. The lowest BCUT2D eigenvalue weighted by Gasteiger charge is -2.11. The molecule has 0 aromatic heterocycles. The Morgan fingerprint density at radius 2 is 1.50 bits per heavy atom. The number of nitro benzene ring substituents is 2. The summed E-state index contributed by atoms with van der Waals surface area (Å²) in [5.74, 6) is -1.42. The van der Waals surface area contributed by atoms with Crippen LogP contribution >= 0.6 is 0 Å². The first kappa shape index (κ1) is 20.1. The quantitative estimate of drug-likeness (QED) is 0.318. The number of anilines is 1. The molecule has 0 saturated carbocycles. The van der Waals surface area contributed by atoms with E-state index < -0.39 is 34.2 Å². The lowest BCUT2D eigenvalue weighted by Crippen LogP contribution is -2.38. The molecule has 12 nitrogen and oxygen atoms in total. The van der Waals surface area contributed by atoms with Gasteiger partial charge in [0.1, 0.15) is 12.2 Å². The first-order chi connectivity index (χ1) is 14.2. The molecule has 1 fully saturated rings. The van der Waals surface area contributed by atoms with Gasteiger partial charge < -0.3 is 10.6 Å². The number of imide groups is 1. The van der Waals surface area contributed by atoms with Crippen molar-refractivity contribution in [3.05, 3.63) is 80.0 Å². The maximum atomic E-state index is 12.4. The Morgan fingerprint density at radius 1 is 0.967 bits per heavy atom. The summed E-state index contributed by atoms with van der Waals surface area (Å²) in [4.78, 5) is 57.5. The number of carbonyl (C=O) groups is 3. The minimum atomic E-state index is -0.799. The summed E-state index contributed by atoms with van der Waals surface area (Å²) in [6.45, 7) is -0.570. The van der Waals surface area contributed by atoms with Crippen LogP contribution < -0.4 is 10.6 Å². The highest BCUT2D eigenvalue weighted by atomic mass is 16.6. The van der Waals surface area contributed by atoms with Gasteiger partial charge in [-0.05, 0) is 35.9 Å². The third kappa shape index (κ3) is 4.44. The summed E-state index contributed by atoms with van der Waals surface area (Å²) >= 11 is 0. The fourth-order valence-corrected chi connectivity index (χ4v) is 2.58. The lowest BCUT2D eigenvalue weighted by molar-refractivity contribution is -0.385.